The molecule has 5 heteroatoms. The molecular weight excluding hydrogens is 306 g/mol. The quantitative estimate of drug-likeness (QED) is 0.848. The van der Waals surface area contributed by atoms with Crippen LogP contribution in [0.15, 0.2) is 42.5 Å². The summed E-state index contributed by atoms with van der Waals surface area (Å²) >= 11 is 0. The maximum Gasteiger partial charge on any atom is 0.251 e. The first-order valence-electron chi connectivity index (χ1n) is 7.73. The van der Waals surface area contributed by atoms with Crippen LogP contribution in [0, 0.1) is 0 Å². The second-order valence-corrected chi connectivity index (χ2v) is 5.48. The van der Waals surface area contributed by atoms with Gasteiger partial charge in [0.2, 0.25) is 5.75 Å². The van der Waals surface area contributed by atoms with Crippen molar-refractivity contribution in [2.45, 2.75) is 19.4 Å². The average Bonchev–Trinajstić information content (AvgIpc) is 2.60. The molecule has 5 nitrogen and oxygen atoms in total. The molecule has 0 aliphatic carbocycles. The highest BCUT2D eigenvalue weighted by Gasteiger charge is 2.18. The van der Waals surface area contributed by atoms with Crippen molar-refractivity contribution in [2.24, 2.45) is 0 Å². The molecule has 2 aromatic rings. The zero-order valence-electron chi connectivity index (χ0n) is 14.5. The minimum atomic E-state index is -0.183. The van der Waals surface area contributed by atoms with E-state index in [1.54, 1.807) is 12.1 Å². The predicted octanol–water partition coefficient (Wildman–Crippen LogP) is 3.07. The van der Waals surface area contributed by atoms with Crippen LogP contribution in [-0.4, -0.2) is 33.3 Å². The molecule has 2 rings (SSSR count). The van der Waals surface area contributed by atoms with Crippen LogP contribution >= 0.6 is 0 Å². The molecule has 0 saturated heterocycles. The van der Waals surface area contributed by atoms with Gasteiger partial charge in [0.15, 0.2) is 11.5 Å². The molecule has 0 radical (unpaired) electrons. The molecule has 0 spiro atoms. The fourth-order valence-electron chi connectivity index (χ4n) is 2.54. The largest absolute Gasteiger partial charge is 0.493 e. The third kappa shape index (κ3) is 4.19. The van der Waals surface area contributed by atoms with Gasteiger partial charge in [-0.15, -0.1) is 0 Å². The lowest BCUT2D eigenvalue weighted by atomic mass is 10.1. The van der Waals surface area contributed by atoms with Crippen LogP contribution in [-0.2, 0) is 6.42 Å². The zero-order valence-corrected chi connectivity index (χ0v) is 14.5. The molecule has 0 unspecified atom stereocenters. The van der Waals surface area contributed by atoms with Gasteiger partial charge in [0.25, 0.3) is 5.91 Å². The van der Waals surface area contributed by atoms with Crippen molar-refractivity contribution < 1.29 is 19.0 Å². The molecule has 1 atom stereocenters. The first-order valence-corrected chi connectivity index (χ1v) is 7.73. The first kappa shape index (κ1) is 17.7. The van der Waals surface area contributed by atoms with E-state index >= 15 is 0 Å². The number of hydrogen-bond donors (Lipinski definition) is 1. The molecular formula is C19H23NO4. The lowest BCUT2D eigenvalue weighted by molar-refractivity contribution is 0.0939. The second-order valence-electron chi connectivity index (χ2n) is 5.48. The van der Waals surface area contributed by atoms with E-state index in [9.17, 15) is 4.79 Å². The van der Waals surface area contributed by atoms with Crippen LogP contribution in [0.3, 0.4) is 0 Å². The van der Waals surface area contributed by atoms with Crippen LogP contribution < -0.4 is 19.5 Å². The number of carbonyl (C=O) groups is 1. The number of amides is 1. The van der Waals surface area contributed by atoms with Gasteiger partial charge in [-0.2, -0.15) is 0 Å². The van der Waals surface area contributed by atoms with Crippen LogP contribution in [0.5, 0.6) is 17.2 Å². The monoisotopic (exact) mass is 329 g/mol. The van der Waals surface area contributed by atoms with Crippen molar-refractivity contribution in [3.05, 3.63) is 53.6 Å². The highest BCUT2D eigenvalue weighted by Crippen LogP contribution is 2.38. The Morgan fingerprint density at radius 1 is 1.00 bits per heavy atom. The molecule has 1 N–H and O–H groups in total. The van der Waals surface area contributed by atoms with E-state index in [-0.39, 0.29) is 11.9 Å². The normalized spacial score (nSPS) is 11.5. The topological polar surface area (TPSA) is 56.8 Å². The first-order chi connectivity index (χ1) is 11.6. The molecule has 0 bridgehead atoms. The summed E-state index contributed by atoms with van der Waals surface area (Å²) in [4.78, 5) is 12.5. The molecule has 24 heavy (non-hydrogen) atoms. The Kier molecular flexibility index (Phi) is 6.07. The van der Waals surface area contributed by atoms with Crippen molar-refractivity contribution >= 4 is 5.91 Å². The summed E-state index contributed by atoms with van der Waals surface area (Å²) in [6.45, 7) is 1.98. The van der Waals surface area contributed by atoms with E-state index in [1.807, 2.05) is 37.3 Å². The Hall–Kier alpha value is -2.69. The summed E-state index contributed by atoms with van der Waals surface area (Å²) in [5.41, 5.74) is 1.64. The summed E-state index contributed by atoms with van der Waals surface area (Å²) in [5.74, 6) is 1.20. The van der Waals surface area contributed by atoms with Gasteiger partial charge in [-0.25, -0.2) is 0 Å². The Balaban J connectivity index is 2.14. The van der Waals surface area contributed by atoms with Gasteiger partial charge in [-0.05, 0) is 31.0 Å². The summed E-state index contributed by atoms with van der Waals surface area (Å²) in [6, 6.07) is 13.3. The summed E-state index contributed by atoms with van der Waals surface area (Å²) in [6.07, 6.45) is 0.761. The Bertz CT molecular complexity index is 660. The van der Waals surface area contributed by atoms with E-state index in [4.69, 9.17) is 14.2 Å². The van der Waals surface area contributed by atoms with Crippen LogP contribution in [0.2, 0.25) is 0 Å². The summed E-state index contributed by atoms with van der Waals surface area (Å²) < 4.78 is 15.8. The standard InChI is InChI=1S/C19H23NO4/c1-13(10-14-8-6-5-7-9-14)20-19(21)15-11-16(22-2)18(24-4)17(12-15)23-3/h5-9,11-13H,10H2,1-4H3,(H,20,21)/t13-/m1/s1. The number of benzene rings is 2. The molecule has 2 aromatic carbocycles. The number of carbonyl (C=O) groups excluding carboxylic acids is 1. The highest BCUT2D eigenvalue weighted by molar-refractivity contribution is 5.95. The molecule has 0 fully saturated rings. The maximum atomic E-state index is 12.5. The minimum absolute atomic E-state index is 0.000934. The molecule has 0 aromatic heterocycles. The molecule has 0 heterocycles. The van der Waals surface area contributed by atoms with E-state index in [0.29, 0.717) is 22.8 Å². The van der Waals surface area contributed by atoms with E-state index < -0.39 is 0 Å². The number of nitrogens with one attached hydrogen (secondary N) is 1. The van der Waals surface area contributed by atoms with Crippen molar-refractivity contribution in [3.63, 3.8) is 0 Å². The van der Waals surface area contributed by atoms with Gasteiger partial charge in [-0.1, -0.05) is 30.3 Å². The summed E-state index contributed by atoms with van der Waals surface area (Å²) in [7, 11) is 4.58. The maximum absolute atomic E-state index is 12.5. The van der Waals surface area contributed by atoms with Crippen LogP contribution in [0.25, 0.3) is 0 Å². The lowest BCUT2D eigenvalue weighted by Crippen LogP contribution is -2.34. The van der Waals surface area contributed by atoms with Gasteiger partial charge in [0.1, 0.15) is 0 Å². The SMILES string of the molecule is COc1cc(C(=O)N[C@H](C)Cc2ccccc2)cc(OC)c1OC. The third-order valence-electron chi connectivity index (χ3n) is 3.69. The van der Waals surface area contributed by atoms with Gasteiger partial charge in [0, 0.05) is 11.6 Å². The van der Waals surface area contributed by atoms with Crippen molar-refractivity contribution in [1.29, 1.82) is 0 Å². The Labute approximate surface area is 142 Å². The van der Waals surface area contributed by atoms with Gasteiger partial charge >= 0.3 is 0 Å². The highest BCUT2D eigenvalue weighted by atomic mass is 16.5. The molecule has 128 valence electrons. The third-order valence-corrected chi connectivity index (χ3v) is 3.69. The average molecular weight is 329 g/mol. The number of methoxy groups -OCH3 is 3. The van der Waals surface area contributed by atoms with E-state index in [0.717, 1.165) is 6.42 Å². The van der Waals surface area contributed by atoms with E-state index in [2.05, 4.69) is 5.32 Å². The fourth-order valence-corrected chi connectivity index (χ4v) is 2.54. The van der Waals surface area contributed by atoms with E-state index in [1.165, 1.54) is 26.9 Å². The molecule has 0 aliphatic heterocycles. The molecule has 0 aliphatic rings. The summed E-state index contributed by atoms with van der Waals surface area (Å²) in [5, 5.41) is 2.99. The second kappa shape index (κ2) is 8.24. The van der Waals surface area contributed by atoms with Gasteiger partial charge in [-0.3, -0.25) is 4.79 Å². The van der Waals surface area contributed by atoms with Crippen molar-refractivity contribution in [1.82, 2.24) is 5.32 Å². The molecule has 1 amide bonds. The minimum Gasteiger partial charge on any atom is -0.493 e. The smallest absolute Gasteiger partial charge is 0.251 e. The van der Waals surface area contributed by atoms with Crippen LogP contribution in [0.4, 0.5) is 0 Å². The zero-order chi connectivity index (χ0) is 17.5. The van der Waals surface area contributed by atoms with Gasteiger partial charge in [0.05, 0.1) is 21.3 Å². The van der Waals surface area contributed by atoms with Gasteiger partial charge < -0.3 is 19.5 Å². The van der Waals surface area contributed by atoms with Crippen LogP contribution in [0.1, 0.15) is 22.8 Å². The number of ether oxygens (including phenoxy) is 3. The Morgan fingerprint density at radius 3 is 2.08 bits per heavy atom. The van der Waals surface area contributed by atoms with Crippen molar-refractivity contribution in [3.8, 4) is 17.2 Å². The predicted molar refractivity (Wildman–Crippen MR) is 93.2 cm³/mol. The number of rotatable bonds is 7. The van der Waals surface area contributed by atoms with Crippen molar-refractivity contribution in [2.75, 3.05) is 21.3 Å². The fraction of sp³-hybridized carbons (Fsp3) is 0.316. The molecule has 0 saturated carbocycles. The Morgan fingerprint density at radius 2 is 1.58 bits per heavy atom. The number of hydrogen-bond acceptors (Lipinski definition) is 4. The lowest BCUT2D eigenvalue weighted by Gasteiger charge is -2.17.